The van der Waals surface area contributed by atoms with Crippen molar-refractivity contribution in [1.29, 1.82) is 0 Å². The van der Waals surface area contributed by atoms with Crippen molar-refractivity contribution in [3.63, 3.8) is 0 Å². The number of carbonyl (C=O) groups is 1. The van der Waals surface area contributed by atoms with Crippen LogP contribution in [0.1, 0.15) is 17.0 Å². The summed E-state index contributed by atoms with van der Waals surface area (Å²) < 4.78 is 32.2. The van der Waals surface area contributed by atoms with E-state index in [2.05, 4.69) is 10.1 Å². The molecule has 28 heavy (non-hydrogen) atoms. The molecule has 0 fully saturated rings. The van der Waals surface area contributed by atoms with Crippen LogP contribution in [0, 0.1) is 13.8 Å². The molecule has 144 valence electrons. The molecule has 4 rings (SSSR count). The number of halogens is 1. The molecule has 3 heterocycles. The molecule has 0 bridgehead atoms. The molecule has 0 saturated heterocycles. The third-order valence-electron chi connectivity index (χ3n) is 4.50. The zero-order chi connectivity index (χ0) is 20.1. The fourth-order valence-corrected chi connectivity index (χ4v) is 4.60. The molecule has 1 aliphatic heterocycles. The van der Waals surface area contributed by atoms with Crippen LogP contribution in [0.4, 0.5) is 16.3 Å². The number of pyridine rings is 1. The highest BCUT2D eigenvalue weighted by atomic mass is 35.5. The second-order valence-corrected chi connectivity index (χ2v) is 8.50. The van der Waals surface area contributed by atoms with E-state index >= 15 is 0 Å². The van der Waals surface area contributed by atoms with Gasteiger partial charge in [-0.25, -0.2) is 27.4 Å². The third-order valence-corrected chi connectivity index (χ3v) is 6.50. The molecule has 0 spiro atoms. The van der Waals surface area contributed by atoms with Crippen LogP contribution in [0.2, 0.25) is 5.02 Å². The van der Waals surface area contributed by atoms with E-state index in [9.17, 15) is 13.2 Å². The van der Waals surface area contributed by atoms with E-state index in [0.717, 1.165) is 4.31 Å². The highest BCUT2D eigenvalue weighted by Gasteiger charge is 2.43. The zero-order valence-corrected chi connectivity index (χ0v) is 16.5. The molecule has 8 nitrogen and oxygen atoms in total. The van der Waals surface area contributed by atoms with Gasteiger partial charge in [0.2, 0.25) is 0 Å². The number of aryl methyl sites for hydroxylation is 2. The SMILES string of the molecule is Cc1noc(C)c1CN1C(=O)N(c2ccc(Cl)cc2)c2ncccc2S1(=O)=O. The lowest BCUT2D eigenvalue weighted by Crippen LogP contribution is -2.48. The van der Waals surface area contributed by atoms with E-state index in [-0.39, 0.29) is 17.3 Å². The maximum absolute atomic E-state index is 13.3. The van der Waals surface area contributed by atoms with Gasteiger partial charge in [-0.3, -0.25) is 0 Å². The second kappa shape index (κ2) is 6.61. The van der Waals surface area contributed by atoms with Crippen LogP contribution in [-0.2, 0) is 16.6 Å². The minimum Gasteiger partial charge on any atom is -0.361 e. The van der Waals surface area contributed by atoms with Crippen LogP contribution in [-0.4, -0.2) is 28.9 Å². The van der Waals surface area contributed by atoms with Crippen LogP contribution >= 0.6 is 11.6 Å². The number of benzene rings is 1. The highest BCUT2D eigenvalue weighted by Crippen LogP contribution is 2.38. The highest BCUT2D eigenvalue weighted by molar-refractivity contribution is 7.90. The lowest BCUT2D eigenvalue weighted by Gasteiger charge is -2.35. The van der Waals surface area contributed by atoms with Crippen LogP contribution in [0.25, 0.3) is 0 Å². The molecule has 1 aliphatic rings. The number of fused-ring (bicyclic) bond motifs is 1. The van der Waals surface area contributed by atoms with Gasteiger partial charge in [0.1, 0.15) is 10.7 Å². The van der Waals surface area contributed by atoms with E-state index in [1.165, 1.54) is 23.2 Å². The van der Waals surface area contributed by atoms with Crippen molar-refractivity contribution in [3.05, 3.63) is 64.6 Å². The molecule has 0 radical (unpaired) electrons. The average Bonchev–Trinajstić information content (AvgIpc) is 2.98. The van der Waals surface area contributed by atoms with E-state index in [1.54, 1.807) is 38.1 Å². The van der Waals surface area contributed by atoms with Gasteiger partial charge in [-0.1, -0.05) is 16.8 Å². The first-order chi connectivity index (χ1) is 13.3. The van der Waals surface area contributed by atoms with Gasteiger partial charge in [0.05, 0.1) is 17.9 Å². The summed E-state index contributed by atoms with van der Waals surface area (Å²) in [4.78, 5) is 18.6. The summed E-state index contributed by atoms with van der Waals surface area (Å²) in [6.07, 6.45) is 1.44. The topological polar surface area (TPSA) is 96.6 Å². The zero-order valence-electron chi connectivity index (χ0n) is 15.0. The van der Waals surface area contributed by atoms with Gasteiger partial charge in [0, 0.05) is 16.8 Å². The summed E-state index contributed by atoms with van der Waals surface area (Å²) >= 11 is 5.95. The fourth-order valence-electron chi connectivity index (χ4n) is 3.02. The first kappa shape index (κ1) is 18.5. The minimum absolute atomic E-state index is 0.0461. The summed E-state index contributed by atoms with van der Waals surface area (Å²) in [6.45, 7) is 3.17. The normalized spacial score (nSPS) is 15.6. The van der Waals surface area contributed by atoms with Crippen molar-refractivity contribution in [2.45, 2.75) is 25.3 Å². The van der Waals surface area contributed by atoms with Crippen molar-refractivity contribution >= 4 is 39.2 Å². The van der Waals surface area contributed by atoms with Crippen LogP contribution in [0.3, 0.4) is 0 Å². The Bertz CT molecular complexity index is 1160. The molecule has 0 atom stereocenters. The number of sulfonamides is 1. The largest absolute Gasteiger partial charge is 0.361 e. The number of carbonyl (C=O) groups excluding carboxylic acids is 1. The molecule has 0 saturated carbocycles. The maximum atomic E-state index is 13.3. The lowest BCUT2D eigenvalue weighted by molar-refractivity contribution is 0.229. The standard InChI is InChI=1S/C18H15ClN4O4S/c1-11-15(12(2)27-21-11)10-22-18(24)23(14-7-5-13(19)6-8-14)17-16(28(22,25)26)4-3-9-20-17/h3-9H,10H2,1-2H3. The first-order valence-corrected chi connectivity index (χ1v) is 10.1. The van der Waals surface area contributed by atoms with Gasteiger partial charge in [0.25, 0.3) is 10.0 Å². The predicted octanol–water partition coefficient (Wildman–Crippen LogP) is 3.80. The number of aromatic nitrogens is 2. The Balaban J connectivity index is 1.89. The maximum Gasteiger partial charge on any atom is 0.344 e. The number of hydrogen-bond acceptors (Lipinski definition) is 6. The number of urea groups is 1. The lowest BCUT2D eigenvalue weighted by atomic mass is 10.2. The van der Waals surface area contributed by atoms with Crippen LogP contribution in [0.15, 0.2) is 52.0 Å². The second-order valence-electron chi connectivity index (χ2n) is 6.23. The molecule has 2 amide bonds. The number of anilines is 2. The summed E-state index contributed by atoms with van der Waals surface area (Å²) in [5.41, 5.74) is 1.52. The van der Waals surface area contributed by atoms with Gasteiger partial charge >= 0.3 is 6.03 Å². The van der Waals surface area contributed by atoms with Crippen molar-refractivity contribution in [2.24, 2.45) is 0 Å². The van der Waals surface area contributed by atoms with E-state index < -0.39 is 16.1 Å². The van der Waals surface area contributed by atoms with Crippen molar-refractivity contribution < 1.29 is 17.7 Å². The van der Waals surface area contributed by atoms with Gasteiger partial charge in [-0.15, -0.1) is 0 Å². The Labute approximate surface area is 166 Å². The molecular weight excluding hydrogens is 404 g/mol. The molecule has 0 aliphatic carbocycles. The molecule has 0 unspecified atom stereocenters. The average molecular weight is 419 g/mol. The fraction of sp³-hybridized carbons (Fsp3) is 0.167. The van der Waals surface area contributed by atoms with Crippen molar-refractivity contribution in [3.8, 4) is 0 Å². The van der Waals surface area contributed by atoms with Crippen molar-refractivity contribution in [1.82, 2.24) is 14.4 Å². The minimum atomic E-state index is -4.11. The predicted molar refractivity (Wildman–Crippen MR) is 102 cm³/mol. The van der Waals surface area contributed by atoms with Crippen LogP contribution in [0.5, 0.6) is 0 Å². The van der Waals surface area contributed by atoms with Gasteiger partial charge < -0.3 is 4.52 Å². The Hall–Kier alpha value is -2.91. The van der Waals surface area contributed by atoms with E-state index in [0.29, 0.717) is 27.7 Å². The molecule has 3 aromatic rings. The first-order valence-electron chi connectivity index (χ1n) is 8.30. The van der Waals surface area contributed by atoms with Gasteiger partial charge in [0.15, 0.2) is 5.82 Å². The van der Waals surface area contributed by atoms with E-state index in [4.69, 9.17) is 16.1 Å². The van der Waals surface area contributed by atoms with Gasteiger partial charge in [-0.2, -0.15) is 0 Å². The molecule has 0 N–H and O–H groups in total. The Kier molecular flexibility index (Phi) is 4.35. The summed E-state index contributed by atoms with van der Waals surface area (Å²) in [5.74, 6) is 0.500. The molecular formula is C18H15ClN4O4S. The summed E-state index contributed by atoms with van der Waals surface area (Å²) in [6, 6.07) is 8.69. The summed E-state index contributed by atoms with van der Waals surface area (Å²) in [5, 5.41) is 4.33. The Morgan fingerprint density at radius 1 is 1.14 bits per heavy atom. The number of hydrogen-bond donors (Lipinski definition) is 0. The Morgan fingerprint density at radius 2 is 1.86 bits per heavy atom. The third kappa shape index (κ3) is 2.83. The number of amides is 2. The number of nitrogens with zero attached hydrogens (tertiary/aromatic N) is 4. The van der Waals surface area contributed by atoms with E-state index in [1.807, 2.05) is 0 Å². The molecule has 10 heteroatoms. The van der Waals surface area contributed by atoms with Crippen LogP contribution < -0.4 is 4.90 Å². The Morgan fingerprint density at radius 3 is 2.50 bits per heavy atom. The number of rotatable bonds is 3. The van der Waals surface area contributed by atoms with Gasteiger partial charge in [-0.05, 0) is 50.2 Å². The monoisotopic (exact) mass is 418 g/mol. The summed E-state index contributed by atoms with van der Waals surface area (Å²) in [7, 11) is -4.11. The molecule has 1 aromatic carbocycles. The quantitative estimate of drug-likeness (QED) is 0.641. The molecule has 2 aromatic heterocycles. The smallest absolute Gasteiger partial charge is 0.344 e. The van der Waals surface area contributed by atoms with Crippen molar-refractivity contribution in [2.75, 3.05) is 4.90 Å².